The molecule has 2 nitrogen and oxygen atoms in total. The van der Waals surface area contributed by atoms with E-state index in [1.54, 1.807) is 36.0 Å². The number of hydrogen-bond acceptors (Lipinski definition) is 2. The van der Waals surface area contributed by atoms with Gasteiger partial charge in [0.05, 0.1) is 16.4 Å². The van der Waals surface area contributed by atoms with E-state index in [0.29, 0.717) is 10.0 Å². The predicted octanol–water partition coefficient (Wildman–Crippen LogP) is 5.91. The lowest BCUT2D eigenvalue weighted by Gasteiger charge is -2.18. The van der Waals surface area contributed by atoms with E-state index in [1.807, 2.05) is 10.7 Å². The number of nitrogens with zero attached hydrogens (tertiary/aromatic N) is 2. The Bertz CT molecular complexity index is 964. The van der Waals surface area contributed by atoms with Crippen molar-refractivity contribution in [3.05, 3.63) is 81.3 Å². The van der Waals surface area contributed by atoms with Gasteiger partial charge in [-0.1, -0.05) is 35.3 Å². The molecule has 0 aliphatic carbocycles. The molecule has 1 aliphatic rings. The Balaban J connectivity index is 1.83. The van der Waals surface area contributed by atoms with Crippen LogP contribution in [-0.2, 0) is 5.75 Å². The Morgan fingerprint density at radius 1 is 1.12 bits per heavy atom. The second-order valence-electron chi connectivity index (χ2n) is 5.66. The topological polar surface area (TPSA) is 17.8 Å². The summed E-state index contributed by atoms with van der Waals surface area (Å²) >= 11 is 14.2. The van der Waals surface area contributed by atoms with E-state index >= 15 is 0 Å². The predicted molar refractivity (Wildman–Crippen MR) is 103 cm³/mol. The van der Waals surface area contributed by atoms with Crippen LogP contribution < -0.4 is 0 Å². The molecule has 6 heteroatoms. The van der Waals surface area contributed by atoms with Gasteiger partial charge in [0.1, 0.15) is 12.0 Å². The van der Waals surface area contributed by atoms with Gasteiger partial charge in [0.15, 0.2) is 0 Å². The van der Waals surface area contributed by atoms with Gasteiger partial charge in [-0.15, -0.1) is 0 Å². The molecule has 0 spiro atoms. The zero-order valence-corrected chi connectivity index (χ0v) is 15.3. The highest BCUT2D eigenvalue weighted by atomic mass is 35.5. The molecule has 1 radical (unpaired) electrons. The maximum Gasteiger partial charge on any atom is 0.123 e. The van der Waals surface area contributed by atoms with Gasteiger partial charge in [-0.05, 0) is 47.5 Å². The van der Waals surface area contributed by atoms with Gasteiger partial charge in [0.2, 0.25) is 0 Å². The fourth-order valence-corrected chi connectivity index (χ4v) is 4.24. The first-order valence-corrected chi connectivity index (χ1v) is 9.52. The minimum atomic E-state index is -0.243. The van der Waals surface area contributed by atoms with Gasteiger partial charge >= 0.3 is 0 Å². The maximum atomic E-state index is 13.1. The summed E-state index contributed by atoms with van der Waals surface area (Å²) in [7, 11) is 0. The highest BCUT2D eigenvalue weighted by Crippen LogP contribution is 2.36. The molecule has 0 bridgehead atoms. The first-order chi connectivity index (χ1) is 12.1. The molecule has 4 rings (SSSR count). The Hall–Kier alpha value is -1.75. The van der Waals surface area contributed by atoms with Crippen LogP contribution in [0.25, 0.3) is 17.3 Å². The van der Waals surface area contributed by atoms with E-state index in [9.17, 15) is 4.39 Å². The zero-order valence-electron chi connectivity index (χ0n) is 13.0. The van der Waals surface area contributed by atoms with Crippen LogP contribution in [0.3, 0.4) is 0 Å². The van der Waals surface area contributed by atoms with Crippen molar-refractivity contribution in [1.29, 1.82) is 0 Å². The highest BCUT2D eigenvalue weighted by Gasteiger charge is 2.22. The molecule has 125 valence electrons. The molecular formula is C19H12Cl2FN2S. The number of hydrogen-bond donors (Lipinski definition) is 0. The largest absolute Gasteiger partial charge is 0.231 e. The lowest BCUT2D eigenvalue weighted by molar-refractivity contribution is 0.628. The molecule has 0 saturated heterocycles. The molecule has 0 N–H and O–H groups in total. The van der Waals surface area contributed by atoms with Crippen molar-refractivity contribution < 1.29 is 4.39 Å². The summed E-state index contributed by atoms with van der Waals surface area (Å²) in [5, 5.41) is 5.53. The van der Waals surface area contributed by atoms with Crippen LogP contribution in [0.1, 0.15) is 16.8 Å². The number of thioether (sulfide) groups is 1. The van der Waals surface area contributed by atoms with Crippen LogP contribution in [0.4, 0.5) is 4.39 Å². The highest BCUT2D eigenvalue weighted by molar-refractivity contribution is 7.99. The summed E-state index contributed by atoms with van der Waals surface area (Å²) in [6, 6.07) is 11.8. The molecule has 0 unspecified atom stereocenters. The third-order valence-corrected chi connectivity index (χ3v) is 5.49. The first-order valence-electron chi connectivity index (χ1n) is 7.61. The zero-order chi connectivity index (χ0) is 17.4. The van der Waals surface area contributed by atoms with Crippen LogP contribution in [-0.4, -0.2) is 15.5 Å². The SMILES string of the molecule is Fc1ccc(/C=C2/CSCc3[c]nn(-c4ccc(Cl)cc4Cl)c32)cc1. The molecule has 25 heavy (non-hydrogen) atoms. The van der Waals surface area contributed by atoms with E-state index in [2.05, 4.69) is 17.4 Å². The lowest BCUT2D eigenvalue weighted by atomic mass is 10.1. The molecule has 3 aromatic rings. The molecule has 2 heterocycles. The summed E-state index contributed by atoms with van der Waals surface area (Å²) in [6.45, 7) is 0. The summed E-state index contributed by atoms with van der Waals surface area (Å²) in [5.41, 5.74) is 4.85. The summed E-state index contributed by atoms with van der Waals surface area (Å²) in [6.07, 6.45) is 5.15. The fourth-order valence-electron chi connectivity index (χ4n) is 2.80. The van der Waals surface area contributed by atoms with E-state index in [-0.39, 0.29) is 5.82 Å². The number of rotatable bonds is 2. The van der Waals surface area contributed by atoms with Crippen molar-refractivity contribution in [2.75, 3.05) is 5.75 Å². The van der Waals surface area contributed by atoms with Crippen molar-refractivity contribution in [3.8, 4) is 5.69 Å². The number of aromatic nitrogens is 2. The molecule has 2 aromatic carbocycles. The standard InChI is InChI=1S/C19H12Cl2FN2S/c20-15-3-6-18(17(21)8-15)24-19-13(10-25-11-14(19)9-23-24)7-12-1-4-16(22)5-2-12/h1-8H,10-11H2/b13-7-. The van der Waals surface area contributed by atoms with Crippen LogP contribution in [0.2, 0.25) is 10.0 Å². The summed E-state index contributed by atoms with van der Waals surface area (Å²) < 4.78 is 15.0. The molecule has 1 aromatic heterocycles. The lowest BCUT2D eigenvalue weighted by Crippen LogP contribution is -2.08. The van der Waals surface area contributed by atoms with Crippen molar-refractivity contribution in [2.24, 2.45) is 0 Å². The van der Waals surface area contributed by atoms with Crippen LogP contribution >= 0.6 is 35.0 Å². The second kappa shape index (κ2) is 6.87. The van der Waals surface area contributed by atoms with Crippen molar-refractivity contribution in [2.45, 2.75) is 5.75 Å². The number of benzene rings is 2. The van der Waals surface area contributed by atoms with Crippen LogP contribution in [0.15, 0.2) is 42.5 Å². The average molecular weight is 390 g/mol. The molecule has 0 fully saturated rings. The summed E-state index contributed by atoms with van der Waals surface area (Å²) in [5.74, 6) is 1.45. The first kappa shape index (κ1) is 16.7. The van der Waals surface area contributed by atoms with Crippen LogP contribution in [0, 0.1) is 12.0 Å². The Labute approximate surface area is 159 Å². The average Bonchev–Trinajstić information content (AvgIpc) is 3.02. The third-order valence-electron chi connectivity index (χ3n) is 3.94. The van der Waals surface area contributed by atoms with Crippen molar-refractivity contribution in [1.82, 2.24) is 9.78 Å². The van der Waals surface area contributed by atoms with Gasteiger partial charge in [0.25, 0.3) is 0 Å². The van der Waals surface area contributed by atoms with Gasteiger partial charge in [-0.25, -0.2) is 9.07 Å². The van der Waals surface area contributed by atoms with Gasteiger partial charge in [-0.3, -0.25) is 0 Å². The van der Waals surface area contributed by atoms with Crippen molar-refractivity contribution >= 4 is 46.6 Å². The summed E-state index contributed by atoms with van der Waals surface area (Å²) in [4.78, 5) is 0. The van der Waals surface area contributed by atoms with E-state index in [1.165, 1.54) is 12.1 Å². The van der Waals surface area contributed by atoms with E-state index in [0.717, 1.165) is 39.6 Å². The normalized spacial score (nSPS) is 15.4. The molecule has 0 atom stereocenters. The Kier molecular flexibility index (Phi) is 4.59. The van der Waals surface area contributed by atoms with E-state index in [4.69, 9.17) is 23.2 Å². The molecular weight excluding hydrogens is 378 g/mol. The second-order valence-corrected chi connectivity index (χ2v) is 7.49. The van der Waals surface area contributed by atoms with Gasteiger partial charge < -0.3 is 0 Å². The number of halogens is 3. The van der Waals surface area contributed by atoms with Gasteiger partial charge in [0, 0.05) is 22.1 Å². The smallest absolute Gasteiger partial charge is 0.123 e. The minimum Gasteiger partial charge on any atom is -0.231 e. The number of fused-ring (bicyclic) bond motifs is 1. The molecule has 1 aliphatic heterocycles. The minimum absolute atomic E-state index is 0.243. The third kappa shape index (κ3) is 3.34. The quantitative estimate of drug-likeness (QED) is 0.542. The Morgan fingerprint density at radius 2 is 1.92 bits per heavy atom. The van der Waals surface area contributed by atoms with Crippen molar-refractivity contribution in [3.63, 3.8) is 0 Å². The fraction of sp³-hybridized carbons (Fsp3) is 0.105. The molecule has 0 amide bonds. The van der Waals surface area contributed by atoms with Crippen LogP contribution in [0.5, 0.6) is 0 Å². The monoisotopic (exact) mass is 389 g/mol. The molecule has 0 saturated carbocycles. The van der Waals surface area contributed by atoms with Gasteiger partial charge in [-0.2, -0.15) is 16.9 Å². The Morgan fingerprint density at radius 3 is 2.68 bits per heavy atom. The van der Waals surface area contributed by atoms with E-state index < -0.39 is 0 Å². The maximum absolute atomic E-state index is 13.1.